The number of carbonyl (C=O) groups is 1. The molecule has 1 N–H and O–H groups in total. The van der Waals surface area contributed by atoms with Crippen LogP contribution in [0.3, 0.4) is 0 Å². The number of methoxy groups -OCH3 is 2. The van der Waals surface area contributed by atoms with Gasteiger partial charge in [-0.3, -0.25) is 0 Å². The number of hydrogen-bond acceptors (Lipinski definition) is 5. The smallest absolute Gasteiger partial charge is 0.341 e. The quantitative estimate of drug-likeness (QED) is 0.647. The van der Waals surface area contributed by atoms with Crippen LogP contribution >= 0.6 is 11.8 Å². The molecule has 0 aliphatic rings. The Labute approximate surface area is 106 Å². The summed E-state index contributed by atoms with van der Waals surface area (Å²) in [6, 6.07) is 3.61. The van der Waals surface area contributed by atoms with Gasteiger partial charge in [0.1, 0.15) is 11.3 Å². The Balaban J connectivity index is 3.28. The van der Waals surface area contributed by atoms with Gasteiger partial charge in [0.05, 0.1) is 19.9 Å². The van der Waals surface area contributed by atoms with E-state index in [1.165, 1.54) is 14.2 Å². The van der Waals surface area contributed by atoms with Gasteiger partial charge in [-0.25, -0.2) is 4.79 Å². The van der Waals surface area contributed by atoms with Crippen LogP contribution < -0.4 is 10.1 Å². The van der Waals surface area contributed by atoms with E-state index in [0.717, 1.165) is 16.3 Å². The fourth-order valence-corrected chi connectivity index (χ4v) is 2.30. The van der Waals surface area contributed by atoms with Crippen molar-refractivity contribution >= 4 is 23.4 Å². The zero-order valence-corrected chi connectivity index (χ0v) is 11.3. The minimum atomic E-state index is -0.387. The Morgan fingerprint density at radius 3 is 2.59 bits per heavy atom. The van der Waals surface area contributed by atoms with Gasteiger partial charge in [-0.2, -0.15) is 0 Å². The molecule has 0 radical (unpaired) electrons. The monoisotopic (exact) mass is 255 g/mol. The number of thioether (sulfide) groups is 1. The lowest BCUT2D eigenvalue weighted by Crippen LogP contribution is -2.05. The lowest BCUT2D eigenvalue weighted by molar-refractivity contribution is 0.0597. The Hall–Kier alpha value is -1.36. The van der Waals surface area contributed by atoms with Crippen molar-refractivity contribution < 1.29 is 14.3 Å². The van der Waals surface area contributed by atoms with Crippen molar-refractivity contribution in [1.82, 2.24) is 0 Å². The van der Waals surface area contributed by atoms with Crippen LogP contribution in [0.2, 0.25) is 0 Å². The maximum Gasteiger partial charge on any atom is 0.341 e. The maximum atomic E-state index is 11.6. The molecule has 0 aliphatic carbocycles. The van der Waals surface area contributed by atoms with Crippen LogP contribution in [-0.4, -0.2) is 33.0 Å². The molecule has 0 unspecified atom stereocenters. The number of ether oxygens (including phenoxy) is 2. The number of rotatable bonds is 5. The minimum Gasteiger partial charge on any atom is -0.496 e. The van der Waals surface area contributed by atoms with Gasteiger partial charge in [0, 0.05) is 18.0 Å². The Morgan fingerprint density at radius 1 is 1.41 bits per heavy atom. The number of benzene rings is 1. The van der Waals surface area contributed by atoms with Gasteiger partial charge in [-0.1, -0.05) is 6.92 Å². The van der Waals surface area contributed by atoms with E-state index in [9.17, 15) is 4.79 Å². The van der Waals surface area contributed by atoms with Crippen molar-refractivity contribution in [1.29, 1.82) is 0 Å². The third kappa shape index (κ3) is 3.06. The third-order valence-electron chi connectivity index (χ3n) is 2.28. The molecule has 1 aromatic rings. The molecule has 0 fully saturated rings. The molecule has 4 nitrogen and oxygen atoms in total. The van der Waals surface area contributed by atoms with Crippen molar-refractivity contribution in [2.45, 2.75) is 11.8 Å². The average Bonchev–Trinajstić information content (AvgIpc) is 2.37. The number of esters is 1. The highest BCUT2D eigenvalue weighted by molar-refractivity contribution is 7.99. The zero-order valence-electron chi connectivity index (χ0n) is 10.5. The van der Waals surface area contributed by atoms with E-state index in [1.807, 2.05) is 13.1 Å². The van der Waals surface area contributed by atoms with Crippen LogP contribution in [0.25, 0.3) is 0 Å². The molecule has 0 aliphatic heterocycles. The molecule has 0 bridgehead atoms. The topological polar surface area (TPSA) is 47.6 Å². The Bertz CT molecular complexity index is 407. The summed E-state index contributed by atoms with van der Waals surface area (Å²) in [5.41, 5.74) is 1.39. The lowest BCUT2D eigenvalue weighted by atomic mass is 10.2. The first kappa shape index (κ1) is 13.7. The van der Waals surface area contributed by atoms with Crippen LogP contribution in [0, 0.1) is 0 Å². The highest BCUT2D eigenvalue weighted by Gasteiger charge is 2.16. The van der Waals surface area contributed by atoms with Crippen LogP contribution in [0.15, 0.2) is 17.0 Å². The molecule has 0 heterocycles. The maximum absolute atomic E-state index is 11.6. The van der Waals surface area contributed by atoms with Crippen molar-refractivity contribution in [3.8, 4) is 5.75 Å². The SMILES string of the molecule is CCSc1cc(C(=O)OC)c(OC)cc1NC. The number of hydrogen-bond donors (Lipinski definition) is 1. The van der Waals surface area contributed by atoms with Crippen molar-refractivity contribution in [2.75, 3.05) is 32.3 Å². The molecular weight excluding hydrogens is 238 g/mol. The molecule has 1 aromatic carbocycles. The van der Waals surface area contributed by atoms with Gasteiger partial charge < -0.3 is 14.8 Å². The summed E-state index contributed by atoms with van der Waals surface area (Å²) in [5.74, 6) is 1.06. The molecular formula is C12H17NO3S. The summed E-state index contributed by atoms with van der Waals surface area (Å²) < 4.78 is 9.93. The van der Waals surface area contributed by atoms with Gasteiger partial charge in [0.25, 0.3) is 0 Å². The summed E-state index contributed by atoms with van der Waals surface area (Å²) in [6.07, 6.45) is 0. The van der Waals surface area contributed by atoms with E-state index in [1.54, 1.807) is 17.8 Å². The molecule has 5 heteroatoms. The highest BCUT2D eigenvalue weighted by atomic mass is 32.2. The molecule has 0 saturated carbocycles. The summed E-state index contributed by atoms with van der Waals surface area (Å²) in [6.45, 7) is 2.06. The number of nitrogens with one attached hydrogen (secondary N) is 1. The molecule has 0 amide bonds. The van der Waals surface area contributed by atoms with Crippen molar-refractivity contribution in [3.63, 3.8) is 0 Å². The predicted molar refractivity (Wildman–Crippen MR) is 70.3 cm³/mol. The van der Waals surface area contributed by atoms with E-state index in [0.29, 0.717) is 11.3 Å². The number of anilines is 1. The molecule has 17 heavy (non-hydrogen) atoms. The van der Waals surface area contributed by atoms with E-state index in [-0.39, 0.29) is 5.97 Å². The molecule has 0 atom stereocenters. The second-order valence-corrected chi connectivity index (χ2v) is 4.53. The number of carbonyl (C=O) groups excluding carboxylic acids is 1. The summed E-state index contributed by atoms with van der Waals surface area (Å²) in [7, 11) is 4.74. The summed E-state index contributed by atoms with van der Waals surface area (Å²) >= 11 is 1.66. The molecule has 0 saturated heterocycles. The van der Waals surface area contributed by atoms with Crippen LogP contribution in [0.5, 0.6) is 5.75 Å². The van der Waals surface area contributed by atoms with Gasteiger partial charge in [0.2, 0.25) is 0 Å². The average molecular weight is 255 g/mol. The highest BCUT2D eigenvalue weighted by Crippen LogP contribution is 2.34. The molecule has 1 rings (SSSR count). The molecule has 94 valence electrons. The van der Waals surface area contributed by atoms with Gasteiger partial charge >= 0.3 is 5.97 Å². The Morgan fingerprint density at radius 2 is 2.12 bits per heavy atom. The predicted octanol–water partition coefficient (Wildman–Crippen LogP) is 2.64. The Kier molecular flexibility index (Phi) is 5.15. The zero-order chi connectivity index (χ0) is 12.8. The van der Waals surface area contributed by atoms with Crippen LogP contribution in [0.1, 0.15) is 17.3 Å². The lowest BCUT2D eigenvalue weighted by Gasteiger charge is -2.13. The fraction of sp³-hybridized carbons (Fsp3) is 0.417. The molecule has 0 spiro atoms. The second kappa shape index (κ2) is 6.39. The fourth-order valence-electron chi connectivity index (χ4n) is 1.47. The first-order valence-electron chi connectivity index (χ1n) is 5.28. The summed E-state index contributed by atoms with van der Waals surface area (Å²) in [4.78, 5) is 12.6. The van der Waals surface area contributed by atoms with E-state index >= 15 is 0 Å². The first-order chi connectivity index (χ1) is 8.17. The normalized spacial score (nSPS) is 9.88. The second-order valence-electron chi connectivity index (χ2n) is 3.22. The van der Waals surface area contributed by atoms with E-state index in [4.69, 9.17) is 9.47 Å². The van der Waals surface area contributed by atoms with Crippen molar-refractivity contribution in [2.24, 2.45) is 0 Å². The minimum absolute atomic E-state index is 0.387. The third-order valence-corrected chi connectivity index (χ3v) is 3.21. The van der Waals surface area contributed by atoms with E-state index in [2.05, 4.69) is 12.2 Å². The largest absolute Gasteiger partial charge is 0.496 e. The standard InChI is InChI=1S/C12H17NO3S/c1-5-17-11-6-8(12(14)16-4)10(15-3)7-9(11)13-2/h6-7,13H,5H2,1-4H3. The van der Waals surface area contributed by atoms with Crippen LogP contribution in [0.4, 0.5) is 5.69 Å². The van der Waals surface area contributed by atoms with Gasteiger partial charge in [-0.15, -0.1) is 11.8 Å². The molecule has 0 aromatic heterocycles. The van der Waals surface area contributed by atoms with E-state index < -0.39 is 0 Å². The van der Waals surface area contributed by atoms with Crippen LogP contribution in [-0.2, 0) is 4.74 Å². The summed E-state index contributed by atoms with van der Waals surface area (Å²) in [5, 5.41) is 3.09. The first-order valence-corrected chi connectivity index (χ1v) is 6.27. The van der Waals surface area contributed by atoms with Gasteiger partial charge in [0.15, 0.2) is 0 Å². The van der Waals surface area contributed by atoms with Gasteiger partial charge in [-0.05, 0) is 11.8 Å². The van der Waals surface area contributed by atoms with Crippen molar-refractivity contribution in [3.05, 3.63) is 17.7 Å².